The molecular weight excluding hydrogens is 210 g/mol. The van der Waals surface area contributed by atoms with E-state index in [4.69, 9.17) is 16.3 Å². The summed E-state index contributed by atoms with van der Waals surface area (Å²) in [4.78, 5) is 4.01. The van der Waals surface area contributed by atoms with Gasteiger partial charge >= 0.3 is 0 Å². The minimum Gasteiger partial charge on any atom is -0.487 e. The molecular formula is C12H10ClNO. The highest BCUT2D eigenvalue weighted by Gasteiger charge is 1.99. The van der Waals surface area contributed by atoms with Gasteiger partial charge in [0.1, 0.15) is 12.4 Å². The number of nitrogens with zero attached hydrogens (tertiary/aromatic N) is 1. The van der Waals surface area contributed by atoms with Gasteiger partial charge in [-0.1, -0.05) is 29.8 Å². The molecule has 1 aromatic carbocycles. The summed E-state index contributed by atoms with van der Waals surface area (Å²) in [5.74, 6) is 0.697. The van der Waals surface area contributed by atoms with Crippen LogP contribution in [-0.4, -0.2) is 4.98 Å². The van der Waals surface area contributed by atoms with Crippen LogP contribution in [0.25, 0.3) is 0 Å². The van der Waals surface area contributed by atoms with Gasteiger partial charge in [0, 0.05) is 18.0 Å². The van der Waals surface area contributed by atoms with E-state index in [-0.39, 0.29) is 0 Å². The molecule has 0 aliphatic carbocycles. The predicted octanol–water partition coefficient (Wildman–Crippen LogP) is 3.31. The van der Waals surface area contributed by atoms with Gasteiger partial charge in [0.05, 0.1) is 5.02 Å². The number of rotatable bonds is 3. The molecule has 1 heterocycles. The van der Waals surface area contributed by atoms with Gasteiger partial charge in [-0.3, -0.25) is 4.98 Å². The molecule has 0 unspecified atom stereocenters. The molecule has 0 radical (unpaired) electrons. The SMILES string of the molecule is Clc1ccccc1OCc1cccnc1. The van der Waals surface area contributed by atoms with Crippen LogP contribution in [0.2, 0.25) is 5.02 Å². The van der Waals surface area contributed by atoms with Crippen molar-refractivity contribution in [1.29, 1.82) is 0 Å². The lowest BCUT2D eigenvalue weighted by molar-refractivity contribution is 0.306. The van der Waals surface area contributed by atoms with E-state index in [0.717, 1.165) is 5.56 Å². The molecule has 0 atom stereocenters. The summed E-state index contributed by atoms with van der Waals surface area (Å²) < 4.78 is 5.55. The highest BCUT2D eigenvalue weighted by atomic mass is 35.5. The lowest BCUT2D eigenvalue weighted by Gasteiger charge is -2.06. The van der Waals surface area contributed by atoms with Gasteiger partial charge < -0.3 is 4.74 Å². The van der Waals surface area contributed by atoms with Crippen molar-refractivity contribution >= 4 is 11.6 Å². The molecule has 0 spiro atoms. The summed E-state index contributed by atoms with van der Waals surface area (Å²) in [6.45, 7) is 0.484. The first-order valence-corrected chi connectivity index (χ1v) is 5.00. The van der Waals surface area contributed by atoms with Crippen LogP contribution in [0.3, 0.4) is 0 Å². The highest BCUT2D eigenvalue weighted by molar-refractivity contribution is 6.32. The number of para-hydroxylation sites is 1. The van der Waals surface area contributed by atoms with Crippen molar-refractivity contribution in [2.75, 3.05) is 0 Å². The summed E-state index contributed by atoms with van der Waals surface area (Å²) in [5.41, 5.74) is 1.03. The van der Waals surface area contributed by atoms with Crippen LogP contribution in [0.1, 0.15) is 5.56 Å². The zero-order valence-corrected chi connectivity index (χ0v) is 8.82. The van der Waals surface area contributed by atoms with Gasteiger partial charge in [-0.15, -0.1) is 0 Å². The average molecular weight is 220 g/mol. The molecule has 0 fully saturated rings. The van der Waals surface area contributed by atoms with Crippen molar-refractivity contribution in [1.82, 2.24) is 4.98 Å². The molecule has 0 N–H and O–H groups in total. The van der Waals surface area contributed by atoms with E-state index in [9.17, 15) is 0 Å². The van der Waals surface area contributed by atoms with Crippen LogP contribution in [0.4, 0.5) is 0 Å². The molecule has 0 saturated heterocycles. The second-order valence-electron chi connectivity index (χ2n) is 3.08. The van der Waals surface area contributed by atoms with Crippen LogP contribution in [0.5, 0.6) is 5.75 Å². The smallest absolute Gasteiger partial charge is 0.138 e. The second kappa shape index (κ2) is 4.80. The van der Waals surface area contributed by atoms with Gasteiger partial charge in [-0.2, -0.15) is 0 Å². The van der Waals surface area contributed by atoms with Crippen LogP contribution in [-0.2, 0) is 6.61 Å². The van der Waals surface area contributed by atoms with E-state index in [0.29, 0.717) is 17.4 Å². The molecule has 0 aliphatic rings. The summed E-state index contributed by atoms with van der Waals surface area (Å²) in [6.07, 6.45) is 3.51. The molecule has 76 valence electrons. The van der Waals surface area contributed by atoms with Crippen molar-refractivity contribution in [3.8, 4) is 5.75 Å². The van der Waals surface area contributed by atoms with E-state index in [1.54, 1.807) is 18.5 Å². The Balaban J connectivity index is 2.03. The zero-order valence-electron chi connectivity index (χ0n) is 8.06. The van der Waals surface area contributed by atoms with E-state index >= 15 is 0 Å². The van der Waals surface area contributed by atoms with Crippen LogP contribution in [0.15, 0.2) is 48.8 Å². The molecule has 1 aromatic heterocycles. The maximum Gasteiger partial charge on any atom is 0.138 e. The lowest BCUT2D eigenvalue weighted by Crippen LogP contribution is -1.95. The monoisotopic (exact) mass is 219 g/mol. The third-order valence-electron chi connectivity index (χ3n) is 1.95. The number of aromatic nitrogens is 1. The Hall–Kier alpha value is -1.54. The topological polar surface area (TPSA) is 22.1 Å². The van der Waals surface area contributed by atoms with Crippen LogP contribution < -0.4 is 4.74 Å². The standard InChI is InChI=1S/C12H10ClNO/c13-11-5-1-2-6-12(11)15-9-10-4-3-7-14-8-10/h1-8H,9H2. The minimum atomic E-state index is 0.484. The molecule has 15 heavy (non-hydrogen) atoms. The largest absolute Gasteiger partial charge is 0.487 e. The van der Waals surface area contributed by atoms with E-state index < -0.39 is 0 Å². The summed E-state index contributed by atoms with van der Waals surface area (Å²) in [7, 11) is 0. The fourth-order valence-electron chi connectivity index (χ4n) is 1.21. The van der Waals surface area contributed by atoms with Gasteiger partial charge in [0.2, 0.25) is 0 Å². The highest BCUT2D eigenvalue weighted by Crippen LogP contribution is 2.23. The molecule has 0 bridgehead atoms. The fourth-order valence-corrected chi connectivity index (χ4v) is 1.40. The summed E-state index contributed by atoms with van der Waals surface area (Å²) >= 11 is 5.95. The Morgan fingerprint density at radius 2 is 2.00 bits per heavy atom. The van der Waals surface area contributed by atoms with Crippen LogP contribution >= 0.6 is 11.6 Å². The van der Waals surface area contributed by atoms with Crippen molar-refractivity contribution in [2.24, 2.45) is 0 Å². The summed E-state index contributed by atoms with van der Waals surface area (Å²) in [5, 5.41) is 0.626. The molecule has 0 saturated carbocycles. The summed E-state index contributed by atoms with van der Waals surface area (Å²) in [6, 6.07) is 11.3. The van der Waals surface area contributed by atoms with Crippen molar-refractivity contribution < 1.29 is 4.74 Å². The average Bonchev–Trinajstić information content (AvgIpc) is 2.29. The first-order chi connectivity index (χ1) is 7.36. The van der Waals surface area contributed by atoms with Crippen molar-refractivity contribution in [3.05, 3.63) is 59.4 Å². The van der Waals surface area contributed by atoms with Gasteiger partial charge in [-0.05, 0) is 18.2 Å². The molecule has 2 aromatic rings. The quantitative estimate of drug-likeness (QED) is 0.790. The Labute approximate surface area is 93.5 Å². The van der Waals surface area contributed by atoms with Crippen LogP contribution in [0, 0.1) is 0 Å². The van der Waals surface area contributed by atoms with Gasteiger partial charge in [-0.25, -0.2) is 0 Å². The van der Waals surface area contributed by atoms with E-state index in [2.05, 4.69) is 4.98 Å². The molecule has 3 heteroatoms. The normalized spacial score (nSPS) is 9.93. The number of benzene rings is 1. The number of hydrogen-bond donors (Lipinski definition) is 0. The van der Waals surface area contributed by atoms with E-state index in [1.807, 2.05) is 30.3 Å². The predicted molar refractivity (Wildman–Crippen MR) is 60.0 cm³/mol. The zero-order chi connectivity index (χ0) is 10.5. The van der Waals surface area contributed by atoms with Crippen molar-refractivity contribution in [2.45, 2.75) is 6.61 Å². The maximum atomic E-state index is 5.95. The number of hydrogen-bond acceptors (Lipinski definition) is 2. The minimum absolute atomic E-state index is 0.484. The number of ether oxygens (including phenoxy) is 1. The lowest BCUT2D eigenvalue weighted by atomic mass is 10.3. The first kappa shape index (κ1) is 9.99. The Morgan fingerprint density at radius 3 is 2.73 bits per heavy atom. The molecule has 0 amide bonds. The Morgan fingerprint density at radius 1 is 1.13 bits per heavy atom. The fraction of sp³-hybridized carbons (Fsp3) is 0.0833. The molecule has 2 rings (SSSR count). The molecule has 2 nitrogen and oxygen atoms in total. The van der Waals surface area contributed by atoms with Gasteiger partial charge in [0.15, 0.2) is 0 Å². The number of halogens is 1. The van der Waals surface area contributed by atoms with E-state index in [1.165, 1.54) is 0 Å². The Bertz CT molecular complexity index is 431. The van der Waals surface area contributed by atoms with Crippen molar-refractivity contribution in [3.63, 3.8) is 0 Å². The Kier molecular flexibility index (Phi) is 3.20. The maximum absolute atomic E-state index is 5.95. The third kappa shape index (κ3) is 2.70. The third-order valence-corrected chi connectivity index (χ3v) is 2.27. The molecule has 0 aliphatic heterocycles. The number of pyridine rings is 1. The van der Waals surface area contributed by atoms with Gasteiger partial charge in [0.25, 0.3) is 0 Å². The first-order valence-electron chi connectivity index (χ1n) is 4.62. The second-order valence-corrected chi connectivity index (χ2v) is 3.49.